The van der Waals surface area contributed by atoms with Crippen molar-refractivity contribution in [1.29, 1.82) is 0 Å². The van der Waals surface area contributed by atoms with Crippen LogP contribution in [0.2, 0.25) is 0 Å². The van der Waals surface area contributed by atoms with Crippen LogP contribution in [0.4, 0.5) is 0 Å². The van der Waals surface area contributed by atoms with Crippen molar-refractivity contribution in [3.63, 3.8) is 0 Å². The van der Waals surface area contributed by atoms with Crippen LogP contribution < -0.4 is 5.32 Å². The molecule has 2 unspecified atom stereocenters. The number of hydrogen-bond donors (Lipinski definition) is 1. The quantitative estimate of drug-likeness (QED) is 0.867. The summed E-state index contributed by atoms with van der Waals surface area (Å²) in [6.45, 7) is 5.67. The molecule has 3 heteroatoms. The summed E-state index contributed by atoms with van der Waals surface area (Å²) in [7, 11) is 2.27. The molecular formula is C13H22N2S. The Labute approximate surface area is 103 Å². The fourth-order valence-electron chi connectivity index (χ4n) is 2.71. The van der Waals surface area contributed by atoms with E-state index in [9.17, 15) is 0 Å². The fourth-order valence-corrected chi connectivity index (χ4v) is 3.70. The van der Waals surface area contributed by atoms with Gasteiger partial charge in [0, 0.05) is 10.9 Å². The first-order chi connectivity index (χ1) is 7.83. The summed E-state index contributed by atoms with van der Waals surface area (Å²) in [6.07, 6.45) is 2.70. The molecule has 0 bridgehead atoms. The highest BCUT2D eigenvalue weighted by Gasteiger charge is 2.30. The van der Waals surface area contributed by atoms with Crippen LogP contribution in [0.3, 0.4) is 0 Å². The lowest BCUT2D eigenvalue weighted by molar-refractivity contribution is 0.122. The first-order valence-corrected chi connectivity index (χ1v) is 7.15. The second-order valence-corrected chi connectivity index (χ2v) is 5.63. The van der Waals surface area contributed by atoms with Gasteiger partial charge in [-0.05, 0) is 56.9 Å². The van der Waals surface area contributed by atoms with E-state index < -0.39 is 0 Å². The molecule has 1 aliphatic rings. The molecule has 1 fully saturated rings. The van der Waals surface area contributed by atoms with Crippen LogP contribution in [0.25, 0.3) is 0 Å². The monoisotopic (exact) mass is 238 g/mol. The van der Waals surface area contributed by atoms with E-state index in [0.717, 1.165) is 19.0 Å². The SMILES string of the molecule is CCNCC1CCCN(C)C1c1cccs1. The van der Waals surface area contributed by atoms with Crippen molar-refractivity contribution in [3.8, 4) is 0 Å². The van der Waals surface area contributed by atoms with Crippen LogP contribution in [0.5, 0.6) is 0 Å². The van der Waals surface area contributed by atoms with Gasteiger partial charge < -0.3 is 5.32 Å². The number of thiophene rings is 1. The highest BCUT2D eigenvalue weighted by atomic mass is 32.1. The van der Waals surface area contributed by atoms with Crippen LogP contribution in [-0.4, -0.2) is 31.6 Å². The molecule has 2 heterocycles. The van der Waals surface area contributed by atoms with E-state index in [1.165, 1.54) is 24.3 Å². The Balaban J connectivity index is 2.08. The van der Waals surface area contributed by atoms with Gasteiger partial charge in [-0.15, -0.1) is 11.3 Å². The highest BCUT2D eigenvalue weighted by molar-refractivity contribution is 7.10. The minimum atomic E-state index is 0.632. The van der Waals surface area contributed by atoms with E-state index in [2.05, 4.69) is 41.7 Å². The molecule has 16 heavy (non-hydrogen) atoms. The minimum Gasteiger partial charge on any atom is -0.317 e. The first-order valence-electron chi connectivity index (χ1n) is 6.27. The van der Waals surface area contributed by atoms with Gasteiger partial charge in [0.15, 0.2) is 0 Å². The Morgan fingerprint density at radius 2 is 2.44 bits per heavy atom. The zero-order valence-electron chi connectivity index (χ0n) is 10.3. The lowest BCUT2D eigenvalue weighted by atomic mass is 9.88. The molecule has 0 aromatic carbocycles. The van der Waals surface area contributed by atoms with Crippen LogP contribution in [0.15, 0.2) is 17.5 Å². The molecule has 1 aromatic heterocycles. The molecule has 90 valence electrons. The van der Waals surface area contributed by atoms with Crippen LogP contribution in [-0.2, 0) is 0 Å². The van der Waals surface area contributed by atoms with Gasteiger partial charge in [-0.25, -0.2) is 0 Å². The van der Waals surface area contributed by atoms with E-state index in [4.69, 9.17) is 0 Å². The van der Waals surface area contributed by atoms with Crippen molar-refractivity contribution in [3.05, 3.63) is 22.4 Å². The van der Waals surface area contributed by atoms with Gasteiger partial charge in [0.25, 0.3) is 0 Å². The average Bonchev–Trinajstić information content (AvgIpc) is 2.79. The van der Waals surface area contributed by atoms with Crippen LogP contribution in [0.1, 0.15) is 30.7 Å². The zero-order valence-corrected chi connectivity index (χ0v) is 11.1. The van der Waals surface area contributed by atoms with Gasteiger partial charge in [0.2, 0.25) is 0 Å². The van der Waals surface area contributed by atoms with Crippen molar-refractivity contribution in [2.75, 3.05) is 26.7 Å². The molecule has 0 spiro atoms. The first kappa shape index (κ1) is 12.1. The molecule has 1 N–H and O–H groups in total. The number of likely N-dealkylation sites (tertiary alicyclic amines) is 1. The van der Waals surface area contributed by atoms with Crippen molar-refractivity contribution in [2.45, 2.75) is 25.8 Å². The van der Waals surface area contributed by atoms with Gasteiger partial charge >= 0.3 is 0 Å². The molecule has 2 rings (SSSR count). The fraction of sp³-hybridized carbons (Fsp3) is 0.692. The van der Waals surface area contributed by atoms with Gasteiger partial charge in [0.1, 0.15) is 0 Å². The van der Waals surface area contributed by atoms with Crippen molar-refractivity contribution < 1.29 is 0 Å². The van der Waals surface area contributed by atoms with Crippen molar-refractivity contribution in [2.24, 2.45) is 5.92 Å². The maximum Gasteiger partial charge on any atom is 0.0478 e. The number of rotatable bonds is 4. The molecule has 1 aliphatic heterocycles. The number of hydrogen-bond acceptors (Lipinski definition) is 3. The van der Waals surface area contributed by atoms with Gasteiger partial charge in [0.05, 0.1) is 0 Å². The molecule has 0 radical (unpaired) electrons. The minimum absolute atomic E-state index is 0.632. The third-order valence-electron chi connectivity index (χ3n) is 3.50. The van der Waals surface area contributed by atoms with E-state index in [0.29, 0.717) is 6.04 Å². The van der Waals surface area contributed by atoms with Crippen molar-refractivity contribution >= 4 is 11.3 Å². The molecular weight excluding hydrogens is 216 g/mol. The molecule has 1 saturated heterocycles. The Bertz CT molecular complexity index is 297. The zero-order chi connectivity index (χ0) is 11.4. The largest absolute Gasteiger partial charge is 0.317 e. The lowest BCUT2D eigenvalue weighted by Gasteiger charge is -2.39. The number of piperidine rings is 1. The molecule has 0 aliphatic carbocycles. The predicted molar refractivity (Wildman–Crippen MR) is 71.0 cm³/mol. The highest BCUT2D eigenvalue weighted by Crippen LogP contribution is 2.36. The maximum absolute atomic E-state index is 3.51. The summed E-state index contributed by atoms with van der Waals surface area (Å²) in [5.74, 6) is 0.775. The summed E-state index contributed by atoms with van der Waals surface area (Å²) < 4.78 is 0. The van der Waals surface area contributed by atoms with Crippen molar-refractivity contribution in [1.82, 2.24) is 10.2 Å². The Morgan fingerprint density at radius 1 is 1.56 bits per heavy atom. The Kier molecular flexibility index (Phi) is 4.38. The third-order valence-corrected chi connectivity index (χ3v) is 4.44. The number of nitrogens with zero attached hydrogens (tertiary/aromatic N) is 1. The molecule has 1 aromatic rings. The Hall–Kier alpha value is -0.380. The molecule has 2 atom stereocenters. The lowest BCUT2D eigenvalue weighted by Crippen LogP contribution is -2.40. The second-order valence-electron chi connectivity index (χ2n) is 4.65. The standard InChI is InChI=1S/C13H22N2S/c1-3-14-10-11-6-4-8-15(2)13(11)12-7-5-9-16-12/h5,7,9,11,13-14H,3-4,6,8,10H2,1-2H3. The van der Waals surface area contributed by atoms with E-state index in [1.807, 2.05) is 11.3 Å². The summed E-state index contributed by atoms with van der Waals surface area (Å²) >= 11 is 1.90. The van der Waals surface area contributed by atoms with E-state index >= 15 is 0 Å². The summed E-state index contributed by atoms with van der Waals surface area (Å²) in [6, 6.07) is 5.09. The topological polar surface area (TPSA) is 15.3 Å². The molecule has 0 amide bonds. The van der Waals surface area contributed by atoms with E-state index in [1.54, 1.807) is 0 Å². The molecule has 2 nitrogen and oxygen atoms in total. The van der Waals surface area contributed by atoms with Gasteiger partial charge in [-0.3, -0.25) is 4.90 Å². The van der Waals surface area contributed by atoms with Gasteiger partial charge in [-0.2, -0.15) is 0 Å². The average molecular weight is 238 g/mol. The summed E-state index contributed by atoms with van der Waals surface area (Å²) in [5, 5.41) is 5.70. The van der Waals surface area contributed by atoms with Crippen LogP contribution >= 0.6 is 11.3 Å². The summed E-state index contributed by atoms with van der Waals surface area (Å²) in [4.78, 5) is 4.06. The second kappa shape index (κ2) is 5.80. The third kappa shape index (κ3) is 2.65. The van der Waals surface area contributed by atoms with Crippen LogP contribution in [0, 0.1) is 5.92 Å². The van der Waals surface area contributed by atoms with E-state index in [-0.39, 0.29) is 0 Å². The van der Waals surface area contributed by atoms with Gasteiger partial charge in [-0.1, -0.05) is 13.0 Å². The Morgan fingerprint density at radius 3 is 3.12 bits per heavy atom. The summed E-state index contributed by atoms with van der Waals surface area (Å²) in [5.41, 5.74) is 0. The predicted octanol–water partition coefficient (Wildman–Crippen LogP) is 2.74. The smallest absolute Gasteiger partial charge is 0.0478 e. The number of nitrogens with one attached hydrogen (secondary N) is 1. The normalized spacial score (nSPS) is 27.1. The maximum atomic E-state index is 3.51. The molecule has 0 saturated carbocycles.